The molecule has 0 radical (unpaired) electrons. The van der Waals surface area contributed by atoms with Crippen LogP contribution in [0.3, 0.4) is 0 Å². The third kappa shape index (κ3) is 3.36. The van der Waals surface area contributed by atoms with E-state index in [1.54, 1.807) is 0 Å². The van der Waals surface area contributed by atoms with E-state index < -0.39 is 5.97 Å². The largest absolute Gasteiger partial charge is 0.476 e. The lowest BCUT2D eigenvalue weighted by atomic mass is 10.1. The molecule has 1 aromatic heterocycles. The van der Waals surface area contributed by atoms with Crippen LogP contribution in [0.5, 0.6) is 0 Å². The van der Waals surface area contributed by atoms with Crippen molar-refractivity contribution in [3.05, 3.63) is 35.0 Å². The lowest BCUT2D eigenvalue weighted by Crippen LogP contribution is -2.26. The predicted octanol–water partition coefficient (Wildman–Crippen LogP) is 2.96. The summed E-state index contributed by atoms with van der Waals surface area (Å²) in [5.41, 5.74) is 3.04. The summed E-state index contributed by atoms with van der Waals surface area (Å²) in [6.45, 7) is 5.69. The van der Waals surface area contributed by atoms with Crippen LogP contribution >= 0.6 is 0 Å². The summed E-state index contributed by atoms with van der Waals surface area (Å²) < 4.78 is 0. The summed E-state index contributed by atoms with van der Waals surface area (Å²) in [5, 5.41) is 18.2. The van der Waals surface area contributed by atoms with Crippen LogP contribution in [-0.2, 0) is 0 Å². The standard InChI is InChI=1S/C17H22N4O2/c1-12-9-13(2)11-14(10-12)21-18-15(17(22)23)16(19-21)20-7-5-3-4-6-8-20/h9-11H,3-8H2,1-2H3,(H,22,23). The monoisotopic (exact) mass is 314 g/mol. The number of aromatic carboxylic acids is 1. The molecular weight excluding hydrogens is 292 g/mol. The Kier molecular flexibility index (Phi) is 4.32. The number of benzene rings is 1. The number of anilines is 1. The first-order valence-electron chi connectivity index (χ1n) is 8.09. The second kappa shape index (κ2) is 6.40. The number of aromatic nitrogens is 3. The molecule has 6 heteroatoms. The molecule has 0 unspecified atom stereocenters. The predicted molar refractivity (Wildman–Crippen MR) is 88.5 cm³/mol. The van der Waals surface area contributed by atoms with Gasteiger partial charge >= 0.3 is 5.97 Å². The van der Waals surface area contributed by atoms with Crippen molar-refractivity contribution in [2.75, 3.05) is 18.0 Å². The highest BCUT2D eigenvalue weighted by atomic mass is 16.4. The van der Waals surface area contributed by atoms with E-state index in [9.17, 15) is 9.90 Å². The molecule has 2 heterocycles. The molecule has 1 fully saturated rings. The number of carboxylic acids is 1. The molecule has 1 saturated heterocycles. The number of nitrogens with zero attached hydrogens (tertiary/aromatic N) is 4. The third-order valence-electron chi connectivity index (χ3n) is 4.14. The van der Waals surface area contributed by atoms with Crippen LogP contribution in [0.4, 0.5) is 5.82 Å². The third-order valence-corrected chi connectivity index (χ3v) is 4.14. The zero-order chi connectivity index (χ0) is 16.4. The van der Waals surface area contributed by atoms with Crippen LogP contribution in [0.2, 0.25) is 0 Å². The average Bonchev–Trinajstić information content (AvgIpc) is 2.76. The molecule has 1 aliphatic heterocycles. The lowest BCUT2D eigenvalue weighted by Gasteiger charge is -2.19. The van der Waals surface area contributed by atoms with Crippen LogP contribution < -0.4 is 4.90 Å². The maximum absolute atomic E-state index is 11.6. The van der Waals surface area contributed by atoms with Gasteiger partial charge in [0, 0.05) is 13.1 Å². The van der Waals surface area contributed by atoms with Crippen molar-refractivity contribution in [2.45, 2.75) is 39.5 Å². The van der Waals surface area contributed by atoms with Gasteiger partial charge in [-0.3, -0.25) is 0 Å². The normalized spacial score (nSPS) is 15.5. The van der Waals surface area contributed by atoms with Crippen LogP contribution in [-0.4, -0.2) is 39.2 Å². The van der Waals surface area contributed by atoms with E-state index in [-0.39, 0.29) is 5.69 Å². The number of carboxylic acid groups (broad SMARTS) is 1. The number of hydrogen-bond acceptors (Lipinski definition) is 4. The first-order chi connectivity index (χ1) is 11.0. The van der Waals surface area contributed by atoms with E-state index in [1.807, 2.05) is 26.0 Å². The molecule has 0 spiro atoms. The SMILES string of the molecule is Cc1cc(C)cc(-n2nc(C(=O)O)c(N3CCCCCC3)n2)c1. The van der Waals surface area contributed by atoms with Gasteiger partial charge in [0.15, 0.2) is 5.82 Å². The lowest BCUT2D eigenvalue weighted by molar-refractivity contribution is 0.0690. The maximum atomic E-state index is 11.6. The summed E-state index contributed by atoms with van der Waals surface area (Å²) in [5.74, 6) is -0.543. The fourth-order valence-electron chi connectivity index (χ4n) is 3.11. The molecule has 0 saturated carbocycles. The molecule has 122 valence electrons. The molecule has 6 nitrogen and oxygen atoms in total. The minimum atomic E-state index is -1.03. The van der Waals surface area contributed by atoms with Gasteiger partial charge < -0.3 is 10.0 Å². The fraction of sp³-hybridized carbons (Fsp3) is 0.471. The van der Waals surface area contributed by atoms with Crippen LogP contribution in [0.15, 0.2) is 18.2 Å². The summed E-state index contributed by atoms with van der Waals surface area (Å²) >= 11 is 0. The van der Waals surface area contributed by atoms with E-state index in [0.29, 0.717) is 5.82 Å². The highest BCUT2D eigenvalue weighted by Crippen LogP contribution is 2.22. The first kappa shape index (κ1) is 15.5. The van der Waals surface area contributed by atoms with Gasteiger partial charge in [0.05, 0.1) is 5.69 Å². The Bertz CT molecular complexity index is 695. The number of carbonyl (C=O) groups is 1. The summed E-state index contributed by atoms with van der Waals surface area (Å²) in [6.07, 6.45) is 4.50. The van der Waals surface area contributed by atoms with Crippen LogP contribution in [0.1, 0.15) is 47.3 Å². The second-order valence-electron chi connectivity index (χ2n) is 6.21. The Morgan fingerprint density at radius 2 is 1.61 bits per heavy atom. The van der Waals surface area contributed by atoms with Crippen LogP contribution in [0.25, 0.3) is 5.69 Å². The molecule has 2 aromatic rings. The Morgan fingerprint density at radius 1 is 1.00 bits per heavy atom. The van der Waals surface area contributed by atoms with Crippen molar-refractivity contribution in [1.29, 1.82) is 0 Å². The van der Waals surface area contributed by atoms with Crippen molar-refractivity contribution in [1.82, 2.24) is 15.0 Å². The number of hydrogen-bond donors (Lipinski definition) is 1. The van der Waals surface area contributed by atoms with Gasteiger partial charge in [-0.2, -0.15) is 0 Å². The van der Waals surface area contributed by atoms with Gasteiger partial charge in [-0.25, -0.2) is 4.79 Å². The molecule has 23 heavy (non-hydrogen) atoms. The fourth-order valence-corrected chi connectivity index (χ4v) is 3.11. The number of aryl methyl sites for hydroxylation is 2. The van der Waals surface area contributed by atoms with E-state index >= 15 is 0 Å². The molecule has 3 rings (SSSR count). The second-order valence-corrected chi connectivity index (χ2v) is 6.21. The molecule has 1 N–H and O–H groups in total. The summed E-state index contributed by atoms with van der Waals surface area (Å²) in [7, 11) is 0. The van der Waals surface area contributed by atoms with E-state index in [4.69, 9.17) is 0 Å². The first-order valence-corrected chi connectivity index (χ1v) is 8.09. The zero-order valence-electron chi connectivity index (χ0n) is 13.6. The van der Waals surface area contributed by atoms with Crippen molar-refractivity contribution in [2.24, 2.45) is 0 Å². The molecule has 0 amide bonds. The summed E-state index contributed by atoms with van der Waals surface area (Å²) in [6, 6.07) is 6.00. The van der Waals surface area contributed by atoms with Gasteiger partial charge in [0.1, 0.15) is 0 Å². The highest BCUT2D eigenvalue weighted by molar-refractivity contribution is 5.91. The van der Waals surface area contributed by atoms with E-state index in [2.05, 4.69) is 21.2 Å². The van der Waals surface area contributed by atoms with Gasteiger partial charge in [-0.05, 0) is 49.9 Å². The summed E-state index contributed by atoms with van der Waals surface area (Å²) in [4.78, 5) is 15.1. The highest BCUT2D eigenvalue weighted by Gasteiger charge is 2.24. The zero-order valence-corrected chi connectivity index (χ0v) is 13.6. The number of rotatable bonds is 3. The Labute approximate surface area is 135 Å². The van der Waals surface area contributed by atoms with Gasteiger partial charge in [-0.15, -0.1) is 15.0 Å². The quantitative estimate of drug-likeness (QED) is 0.943. The average molecular weight is 314 g/mol. The minimum absolute atomic E-state index is 0.0334. The van der Waals surface area contributed by atoms with Gasteiger partial charge in [0.2, 0.25) is 5.69 Å². The molecule has 0 atom stereocenters. The van der Waals surface area contributed by atoms with Crippen molar-refractivity contribution in [3.8, 4) is 5.69 Å². The maximum Gasteiger partial charge on any atom is 0.360 e. The van der Waals surface area contributed by atoms with Crippen LogP contribution in [0, 0.1) is 13.8 Å². The molecule has 0 aliphatic carbocycles. The van der Waals surface area contributed by atoms with Crippen molar-refractivity contribution in [3.63, 3.8) is 0 Å². The molecule has 1 aromatic carbocycles. The van der Waals surface area contributed by atoms with E-state index in [0.717, 1.165) is 42.7 Å². The minimum Gasteiger partial charge on any atom is -0.476 e. The molecule has 1 aliphatic rings. The molecular formula is C17H22N4O2. The van der Waals surface area contributed by atoms with Gasteiger partial charge in [0.25, 0.3) is 0 Å². The van der Waals surface area contributed by atoms with Crippen molar-refractivity contribution >= 4 is 11.8 Å². The Morgan fingerprint density at radius 3 is 2.17 bits per heavy atom. The Balaban J connectivity index is 2.02. The topological polar surface area (TPSA) is 71.2 Å². The van der Waals surface area contributed by atoms with E-state index in [1.165, 1.54) is 17.6 Å². The Hall–Kier alpha value is -2.37. The smallest absolute Gasteiger partial charge is 0.360 e. The van der Waals surface area contributed by atoms with Crippen molar-refractivity contribution < 1.29 is 9.90 Å². The van der Waals surface area contributed by atoms with Gasteiger partial charge in [-0.1, -0.05) is 18.9 Å². The molecule has 0 bridgehead atoms.